The van der Waals surface area contributed by atoms with E-state index in [1.54, 1.807) is 38.5 Å². The minimum Gasteiger partial charge on any atom is -0.496 e. The summed E-state index contributed by atoms with van der Waals surface area (Å²) in [6, 6.07) is 82.8. The summed E-state index contributed by atoms with van der Waals surface area (Å²) < 4.78 is 67.1. The van der Waals surface area contributed by atoms with Gasteiger partial charge < -0.3 is 23.4 Å². The van der Waals surface area contributed by atoms with Crippen molar-refractivity contribution in [2.24, 2.45) is 0 Å². The van der Waals surface area contributed by atoms with Gasteiger partial charge in [-0.15, -0.1) is 0 Å². The number of para-hydroxylation sites is 2. The highest BCUT2D eigenvalue weighted by Gasteiger charge is 2.41. The lowest BCUT2D eigenvalue weighted by Crippen LogP contribution is -2.26. The Bertz CT molecular complexity index is 4320. The van der Waals surface area contributed by atoms with Crippen LogP contribution in [-0.2, 0) is 9.13 Å². The zero-order valence-electron chi connectivity index (χ0n) is 46.7. The number of benzene rings is 11. The van der Waals surface area contributed by atoms with Crippen LogP contribution in [0.5, 0.6) is 23.0 Å². The SMILES string of the molecule is COc1cc(P2(=O)Oc3ccc(-c4ccccc4)cc3-c3ccccc32)c(OC)cc1/C=C/c1ccc(F)cc1.Cc1ccc2c(c1)-c1ccc(C)cc1P(=O)(c1ccc(/C=C/c3ccc(N(c4ccccc4)c4ccccc4)cc3)cc1)O2. The van der Waals surface area contributed by atoms with Crippen LogP contribution < -0.4 is 44.6 Å². The number of methoxy groups -OCH3 is 2. The van der Waals surface area contributed by atoms with Crippen LogP contribution in [0, 0.1) is 19.7 Å². The molecule has 0 amide bonds. The molecule has 13 rings (SSSR count). The van der Waals surface area contributed by atoms with Crippen molar-refractivity contribution in [2.45, 2.75) is 13.8 Å². The smallest absolute Gasteiger partial charge is 0.311 e. The molecule has 412 valence electrons. The first-order valence-corrected chi connectivity index (χ1v) is 30.8. The molecule has 2 unspecified atom stereocenters. The van der Waals surface area contributed by atoms with E-state index < -0.39 is 14.7 Å². The molecular formula is C74H58FNO6P2. The molecule has 0 spiro atoms. The Hall–Kier alpha value is -9.71. The zero-order valence-corrected chi connectivity index (χ0v) is 48.5. The van der Waals surface area contributed by atoms with Gasteiger partial charge in [0, 0.05) is 33.8 Å². The van der Waals surface area contributed by atoms with Crippen molar-refractivity contribution in [2.75, 3.05) is 19.1 Å². The monoisotopic (exact) mass is 1140 g/mol. The fraction of sp³-hybridized carbons (Fsp3) is 0.0541. The van der Waals surface area contributed by atoms with Gasteiger partial charge in [0.15, 0.2) is 0 Å². The van der Waals surface area contributed by atoms with E-state index in [1.807, 2.05) is 128 Å². The quantitative estimate of drug-likeness (QED) is 0.0891. The highest BCUT2D eigenvalue weighted by molar-refractivity contribution is 7.75. The van der Waals surface area contributed by atoms with Crippen molar-refractivity contribution in [3.8, 4) is 56.4 Å². The van der Waals surface area contributed by atoms with E-state index in [4.69, 9.17) is 18.5 Å². The van der Waals surface area contributed by atoms with Gasteiger partial charge in [-0.25, -0.2) is 4.39 Å². The van der Waals surface area contributed by atoms with Crippen LogP contribution in [0.15, 0.2) is 255 Å². The minimum atomic E-state index is -3.64. The molecule has 0 fully saturated rings. The molecule has 2 aliphatic rings. The van der Waals surface area contributed by atoms with Gasteiger partial charge in [-0.3, -0.25) is 9.13 Å². The Morgan fingerprint density at radius 1 is 0.393 bits per heavy atom. The molecule has 11 aromatic carbocycles. The largest absolute Gasteiger partial charge is 0.496 e. The first kappa shape index (κ1) is 54.9. The molecule has 7 nitrogen and oxygen atoms in total. The molecule has 0 aliphatic carbocycles. The van der Waals surface area contributed by atoms with Gasteiger partial charge >= 0.3 is 14.7 Å². The van der Waals surface area contributed by atoms with E-state index >= 15 is 0 Å². The van der Waals surface area contributed by atoms with E-state index in [1.165, 1.54) is 12.1 Å². The summed E-state index contributed by atoms with van der Waals surface area (Å²) in [5, 5.41) is 2.47. The van der Waals surface area contributed by atoms with Crippen LogP contribution in [-0.4, -0.2) is 14.2 Å². The maximum absolute atomic E-state index is 14.9. The predicted octanol–water partition coefficient (Wildman–Crippen LogP) is 18.2. The van der Waals surface area contributed by atoms with Crippen molar-refractivity contribution in [3.05, 3.63) is 294 Å². The molecule has 2 heterocycles. The van der Waals surface area contributed by atoms with Crippen LogP contribution in [0.1, 0.15) is 33.4 Å². The summed E-state index contributed by atoms with van der Waals surface area (Å²) in [7, 11) is -3.86. The van der Waals surface area contributed by atoms with E-state index in [9.17, 15) is 13.5 Å². The van der Waals surface area contributed by atoms with Crippen molar-refractivity contribution in [3.63, 3.8) is 0 Å². The Kier molecular flexibility index (Phi) is 15.4. The molecule has 0 saturated carbocycles. The number of nitrogens with zero attached hydrogens (tertiary/aromatic N) is 1. The molecule has 0 bridgehead atoms. The third-order valence-corrected chi connectivity index (χ3v) is 19.9. The predicted molar refractivity (Wildman–Crippen MR) is 345 cm³/mol. The Morgan fingerprint density at radius 2 is 0.893 bits per heavy atom. The number of anilines is 3. The summed E-state index contributed by atoms with van der Waals surface area (Å²) >= 11 is 0. The maximum Gasteiger partial charge on any atom is 0.311 e. The van der Waals surface area contributed by atoms with E-state index in [0.29, 0.717) is 38.9 Å². The second-order valence-electron chi connectivity index (χ2n) is 20.6. The summed E-state index contributed by atoms with van der Waals surface area (Å²) in [4.78, 5) is 2.25. The fourth-order valence-electron chi connectivity index (χ4n) is 10.7. The van der Waals surface area contributed by atoms with Gasteiger partial charge in [-0.2, -0.15) is 0 Å². The number of halogens is 1. The summed E-state index contributed by atoms with van der Waals surface area (Å²) in [5.41, 5.74) is 15.0. The number of hydrogen-bond donors (Lipinski definition) is 0. The molecule has 0 N–H and O–H groups in total. The maximum atomic E-state index is 14.9. The first-order chi connectivity index (χ1) is 41.0. The Balaban J connectivity index is 0.000000166. The van der Waals surface area contributed by atoms with Crippen LogP contribution in [0.25, 0.3) is 57.7 Å². The van der Waals surface area contributed by atoms with Crippen LogP contribution >= 0.6 is 14.7 Å². The number of ether oxygens (including phenoxy) is 2. The molecule has 2 atom stereocenters. The third-order valence-electron chi connectivity index (χ3n) is 15.0. The molecule has 11 aromatic rings. The normalized spacial score (nSPS) is 15.5. The van der Waals surface area contributed by atoms with Gasteiger partial charge in [0.1, 0.15) is 28.8 Å². The van der Waals surface area contributed by atoms with Gasteiger partial charge in [-0.05, 0) is 162 Å². The average molecular weight is 1140 g/mol. The van der Waals surface area contributed by atoms with Crippen molar-refractivity contribution in [1.29, 1.82) is 0 Å². The topological polar surface area (TPSA) is 74.3 Å². The van der Waals surface area contributed by atoms with E-state index in [-0.39, 0.29) is 5.82 Å². The lowest BCUT2D eigenvalue weighted by atomic mass is 9.98. The van der Waals surface area contributed by atoms with E-state index in [2.05, 4.69) is 133 Å². The minimum absolute atomic E-state index is 0.295. The van der Waals surface area contributed by atoms with Crippen LogP contribution in [0.3, 0.4) is 0 Å². The molecule has 0 radical (unpaired) electrons. The van der Waals surface area contributed by atoms with Gasteiger partial charge in [0.25, 0.3) is 0 Å². The standard InChI is InChI=1S/C40H32NO2P.C34H26FO4P/c1-29-14-26-39-38(27-29)37-25-13-30(2)28-40(37)44(42,43-39)36-23-19-32(20-24-36)16-15-31-17-21-35(22-18-31)41(33-9-5-3-6-10-33)34-11-7-4-8-12-34;1-37-31-22-34(32(38-2)21-26(31)15-12-23-13-17-27(35)18-14-23)40(36)33-11-7-6-10-28(33)29-20-25(16-19-30(29)39-40)24-8-4-3-5-9-24/h3-28H,1-2H3;3-22H,1-2H3/b16-15+;15-12+. The van der Waals surface area contributed by atoms with Crippen LogP contribution in [0.2, 0.25) is 0 Å². The second kappa shape index (κ2) is 23.6. The molecule has 2 aliphatic heterocycles. The van der Waals surface area contributed by atoms with Crippen molar-refractivity contribution < 1.29 is 32.0 Å². The van der Waals surface area contributed by atoms with E-state index in [0.717, 1.165) is 89.1 Å². The highest BCUT2D eigenvalue weighted by Crippen LogP contribution is 2.57. The average Bonchev–Trinajstić information content (AvgIpc) is 1.72. The number of aryl methyl sites for hydroxylation is 2. The number of rotatable bonds is 12. The fourth-order valence-corrected chi connectivity index (χ4v) is 15.5. The van der Waals surface area contributed by atoms with Crippen molar-refractivity contribution in [1.82, 2.24) is 0 Å². The lowest BCUT2D eigenvalue weighted by Gasteiger charge is -2.30. The molecular weight excluding hydrogens is 1080 g/mol. The Labute approximate surface area is 490 Å². The lowest BCUT2D eigenvalue weighted by molar-refractivity contribution is 0.403. The van der Waals surface area contributed by atoms with Crippen LogP contribution in [0.4, 0.5) is 21.5 Å². The third kappa shape index (κ3) is 11.1. The molecule has 84 heavy (non-hydrogen) atoms. The summed E-state index contributed by atoms with van der Waals surface area (Å²) in [5.74, 6) is 1.85. The van der Waals surface area contributed by atoms with Gasteiger partial charge in [0.05, 0.1) is 35.4 Å². The number of fused-ring (bicyclic) bond motifs is 6. The second-order valence-corrected chi connectivity index (χ2v) is 25.1. The zero-order chi connectivity index (χ0) is 57.8. The molecule has 10 heteroatoms. The first-order valence-electron chi connectivity index (χ1n) is 27.6. The Morgan fingerprint density at radius 3 is 1.54 bits per heavy atom. The summed E-state index contributed by atoms with van der Waals surface area (Å²) in [6.45, 7) is 4.09. The summed E-state index contributed by atoms with van der Waals surface area (Å²) in [6.07, 6.45) is 7.89. The molecule has 0 aromatic heterocycles. The van der Waals surface area contributed by atoms with Crippen molar-refractivity contribution >= 4 is 77.3 Å². The molecule has 0 saturated heterocycles. The van der Waals surface area contributed by atoms with Gasteiger partial charge in [-0.1, -0.05) is 181 Å². The van der Waals surface area contributed by atoms with Gasteiger partial charge in [0.2, 0.25) is 0 Å². The number of hydrogen-bond acceptors (Lipinski definition) is 7. The highest BCUT2D eigenvalue weighted by atomic mass is 31.2.